The van der Waals surface area contributed by atoms with Gasteiger partial charge in [-0.25, -0.2) is 9.59 Å². The molecule has 2 aromatic rings. The van der Waals surface area contributed by atoms with Gasteiger partial charge in [0.25, 0.3) is 0 Å². The van der Waals surface area contributed by atoms with Crippen LogP contribution in [0.15, 0.2) is 72.9 Å². The van der Waals surface area contributed by atoms with E-state index in [4.69, 9.17) is 19.9 Å². The van der Waals surface area contributed by atoms with Crippen molar-refractivity contribution in [3.05, 3.63) is 84.1 Å². The van der Waals surface area contributed by atoms with Gasteiger partial charge in [0.1, 0.15) is 18.8 Å². The Hall–Kier alpha value is -3.69. The van der Waals surface area contributed by atoms with Gasteiger partial charge in [0.05, 0.1) is 11.1 Å². The number of primary amides is 1. The summed E-state index contributed by atoms with van der Waals surface area (Å²) in [6.45, 7) is -0.272. The number of nitrogens with one attached hydrogen (secondary N) is 1. The van der Waals surface area contributed by atoms with Crippen LogP contribution in [0.3, 0.4) is 0 Å². The predicted octanol–water partition coefficient (Wildman–Crippen LogP) is 0.743. The molecule has 162 valence electrons. The van der Waals surface area contributed by atoms with Crippen LogP contribution in [0.25, 0.3) is 0 Å². The summed E-state index contributed by atoms with van der Waals surface area (Å²) < 4.78 is 16.3. The molecule has 2 aromatic carbocycles. The van der Waals surface area contributed by atoms with E-state index in [1.165, 1.54) is 6.20 Å². The molecule has 0 bridgehead atoms. The van der Waals surface area contributed by atoms with Crippen LogP contribution < -0.4 is 11.1 Å². The molecule has 1 saturated heterocycles. The van der Waals surface area contributed by atoms with E-state index in [2.05, 4.69) is 5.32 Å². The van der Waals surface area contributed by atoms with Crippen molar-refractivity contribution >= 4 is 17.8 Å². The van der Waals surface area contributed by atoms with Crippen molar-refractivity contribution < 1.29 is 33.7 Å². The lowest BCUT2D eigenvalue weighted by atomic mass is 10.1. The summed E-state index contributed by atoms with van der Waals surface area (Å²) in [5.74, 6) is -1.95. The third-order valence-electron chi connectivity index (χ3n) is 4.49. The number of amides is 1. The first kappa shape index (κ1) is 22.0. The fourth-order valence-corrected chi connectivity index (χ4v) is 2.95. The molecule has 0 saturated carbocycles. The lowest BCUT2D eigenvalue weighted by molar-refractivity contribution is -0.113. The number of benzene rings is 2. The Morgan fingerprint density at radius 1 is 1.00 bits per heavy atom. The topological polar surface area (TPSA) is 137 Å². The number of aliphatic hydroxyl groups excluding tert-OH is 1. The zero-order valence-corrected chi connectivity index (χ0v) is 16.4. The molecule has 0 aromatic heterocycles. The third kappa shape index (κ3) is 5.91. The van der Waals surface area contributed by atoms with E-state index in [9.17, 15) is 19.5 Å². The van der Waals surface area contributed by atoms with E-state index in [0.29, 0.717) is 11.1 Å². The highest BCUT2D eigenvalue weighted by Gasteiger charge is 2.46. The fraction of sp³-hybridized carbons (Fsp3) is 0.227. The van der Waals surface area contributed by atoms with E-state index in [1.54, 1.807) is 60.7 Å². The monoisotopic (exact) mass is 426 g/mol. The Balaban J connectivity index is 1.67. The highest BCUT2D eigenvalue weighted by molar-refractivity contribution is 5.90. The summed E-state index contributed by atoms with van der Waals surface area (Å²) in [7, 11) is 0. The first-order valence-corrected chi connectivity index (χ1v) is 9.49. The number of hydrogen-bond donors (Lipinski definition) is 3. The van der Waals surface area contributed by atoms with Crippen LogP contribution in [0, 0.1) is 0 Å². The zero-order valence-electron chi connectivity index (χ0n) is 16.4. The van der Waals surface area contributed by atoms with Gasteiger partial charge in [-0.1, -0.05) is 36.4 Å². The molecule has 1 aliphatic heterocycles. The van der Waals surface area contributed by atoms with Crippen LogP contribution in [0.2, 0.25) is 0 Å². The molecular weight excluding hydrogens is 404 g/mol. The summed E-state index contributed by atoms with van der Waals surface area (Å²) in [4.78, 5) is 35.5. The normalized spacial score (nSPS) is 22.7. The quantitative estimate of drug-likeness (QED) is 0.415. The second-order valence-electron chi connectivity index (χ2n) is 6.69. The number of ether oxygens (including phenoxy) is 3. The summed E-state index contributed by atoms with van der Waals surface area (Å²) in [6, 6.07) is 16.6. The number of aliphatic hydroxyl groups is 1. The summed E-state index contributed by atoms with van der Waals surface area (Å²) in [6.07, 6.45) is -2.13. The Morgan fingerprint density at radius 2 is 1.58 bits per heavy atom. The minimum absolute atomic E-state index is 0.272. The van der Waals surface area contributed by atoms with Crippen LogP contribution in [0.5, 0.6) is 0 Å². The van der Waals surface area contributed by atoms with Crippen LogP contribution in [-0.2, 0) is 19.0 Å². The lowest BCUT2D eigenvalue weighted by Gasteiger charge is -2.21. The van der Waals surface area contributed by atoms with Gasteiger partial charge in [-0.15, -0.1) is 0 Å². The Kier molecular flexibility index (Phi) is 7.36. The molecule has 0 aliphatic carbocycles. The average Bonchev–Trinajstić information content (AvgIpc) is 3.07. The molecule has 0 radical (unpaired) electrons. The minimum atomic E-state index is -1.30. The zero-order chi connectivity index (χ0) is 22.2. The third-order valence-corrected chi connectivity index (χ3v) is 4.49. The number of nitrogens with two attached hydrogens (primary N) is 1. The summed E-state index contributed by atoms with van der Waals surface area (Å²) >= 11 is 0. The predicted molar refractivity (Wildman–Crippen MR) is 109 cm³/mol. The van der Waals surface area contributed by atoms with E-state index in [0.717, 1.165) is 6.08 Å². The van der Waals surface area contributed by atoms with Gasteiger partial charge < -0.3 is 30.4 Å². The molecule has 4 atom stereocenters. The first-order chi connectivity index (χ1) is 15.0. The number of esters is 2. The van der Waals surface area contributed by atoms with Crippen molar-refractivity contribution in [2.75, 3.05) is 6.61 Å². The molecule has 4 N–H and O–H groups in total. The minimum Gasteiger partial charge on any atom is -0.459 e. The van der Waals surface area contributed by atoms with E-state index in [-0.39, 0.29) is 6.61 Å². The Bertz CT molecular complexity index is 933. The summed E-state index contributed by atoms with van der Waals surface area (Å²) in [5.41, 5.74) is 5.70. The number of hydrogen-bond acceptors (Lipinski definition) is 8. The summed E-state index contributed by atoms with van der Waals surface area (Å²) in [5, 5.41) is 13.4. The fourth-order valence-electron chi connectivity index (χ4n) is 2.95. The van der Waals surface area contributed by atoms with E-state index in [1.807, 2.05) is 0 Å². The van der Waals surface area contributed by atoms with Crippen LogP contribution >= 0.6 is 0 Å². The van der Waals surface area contributed by atoms with E-state index >= 15 is 0 Å². The van der Waals surface area contributed by atoms with Gasteiger partial charge in [0, 0.05) is 12.3 Å². The lowest BCUT2D eigenvalue weighted by Crippen LogP contribution is -2.42. The Labute approximate surface area is 178 Å². The van der Waals surface area contributed by atoms with Gasteiger partial charge in [-0.05, 0) is 24.3 Å². The molecule has 3 rings (SSSR count). The second-order valence-corrected chi connectivity index (χ2v) is 6.69. The number of carbonyl (C=O) groups is 3. The second kappa shape index (κ2) is 10.4. The SMILES string of the molecule is NC(=O)/C=C\N[C@@H]1O[C@H](COC(=O)c2ccccc2)C(O)C1OC(=O)c1ccccc1. The maximum Gasteiger partial charge on any atom is 0.338 e. The van der Waals surface area contributed by atoms with Crippen molar-refractivity contribution in [2.24, 2.45) is 5.73 Å². The molecule has 9 heteroatoms. The maximum atomic E-state index is 12.4. The van der Waals surface area contributed by atoms with Gasteiger partial charge in [0.2, 0.25) is 5.91 Å². The van der Waals surface area contributed by atoms with Crippen LogP contribution in [0.4, 0.5) is 0 Å². The maximum absolute atomic E-state index is 12.4. The average molecular weight is 426 g/mol. The van der Waals surface area contributed by atoms with Gasteiger partial charge in [-0.2, -0.15) is 0 Å². The molecule has 1 fully saturated rings. The van der Waals surface area contributed by atoms with Gasteiger partial charge >= 0.3 is 11.9 Å². The van der Waals surface area contributed by atoms with Crippen LogP contribution in [0.1, 0.15) is 20.7 Å². The van der Waals surface area contributed by atoms with Gasteiger partial charge in [0.15, 0.2) is 12.3 Å². The van der Waals surface area contributed by atoms with Crippen LogP contribution in [-0.4, -0.2) is 54.1 Å². The highest BCUT2D eigenvalue weighted by Crippen LogP contribution is 2.24. The molecule has 1 amide bonds. The molecular formula is C22H22N2O7. The largest absolute Gasteiger partial charge is 0.459 e. The molecule has 1 heterocycles. The number of carbonyl (C=O) groups excluding carboxylic acids is 3. The first-order valence-electron chi connectivity index (χ1n) is 9.49. The van der Waals surface area contributed by atoms with Gasteiger partial charge in [-0.3, -0.25) is 4.79 Å². The van der Waals surface area contributed by atoms with Crippen molar-refractivity contribution in [2.45, 2.75) is 24.5 Å². The van der Waals surface area contributed by atoms with Crippen molar-refractivity contribution in [3.8, 4) is 0 Å². The molecule has 31 heavy (non-hydrogen) atoms. The molecule has 9 nitrogen and oxygen atoms in total. The molecule has 0 spiro atoms. The Morgan fingerprint density at radius 3 is 2.16 bits per heavy atom. The van der Waals surface area contributed by atoms with Crippen molar-refractivity contribution in [1.29, 1.82) is 0 Å². The highest BCUT2D eigenvalue weighted by atomic mass is 16.6. The van der Waals surface area contributed by atoms with Crippen molar-refractivity contribution in [1.82, 2.24) is 5.32 Å². The van der Waals surface area contributed by atoms with Crippen molar-refractivity contribution in [3.63, 3.8) is 0 Å². The van der Waals surface area contributed by atoms with E-state index < -0.39 is 42.4 Å². The smallest absolute Gasteiger partial charge is 0.338 e. The standard InChI is InChI=1S/C22H22N2O7/c23-17(25)11-12-24-20-19(31-22(28)15-9-5-2-6-10-15)18(26)16(30-20)13-29-21(27)14-7-3-1-4-8-14/h1-12,16,18-20,24,26H,13H2,(H2,23,25)/b12-11-/t16-,18?,19?,20-/m1/s1. The molecule has 2 unspecified atom stereocenters. The molecule has 1 aliphatic rings. The number of rotatable bonds is 8.